The Morgan fingerprint density at radius 3 is 2.83 bits per heavy atom. The number of hydrogen-bond acceptors (Lipinski definition) is 3. The Morgan fingerprint density at radius 1 is 1.39 bits per heavy atom. The number of ether oxygens (including phenoxy) is 1. The van der Waals surface area contributed by atoms with Gasteiger partial charge in [-0.05, 0) is 12.1 Å². The van der Waals surface area contributed by atoms with Crippen molar-refractivity contribution in [3.8, 4) is 11.6 Å². The maximum atomic E-state index is 13.4. The van der Waals surface area contributed by atoms with E-state index in [1.165, 1.54) is 6.07 Å². The Kier molecular flexibility index (Phi) is 3.63. The zero-order valence-electron chi connectivity index (χ0n) is 8.51. The van der Waals surface area contributed by atoms with Gasteiger partial charge >= 0.3 is 0 Å². The summed E-state index contributed by atoms with van der Waals surface area (Å²) in [6.07, 6.45) is 1.04. The number of nitrogens with one attached hydrogen (secondary N) is 1. The van der Waals surface area contributed by atoms with Crippen molar-refractivity contribution in [1.82, 2.24) is 9.97 Å². The highest BCUT2D eigenvalue weighted by atomic mass is 79.9. The molecule has 1 aromatic carbocycles. The first-order chi connectivity index (χ1) is 8.49. The maximum absolute atomic E-state index is 13.4. The van der Waals surface area contributed by atoms with Crippen LogP contribution in [0.25, 0.3) is 0 Å². The highest BCUT2D eigenvalue weighted by molar-refractivity contribution is 9.10. The van der Waals surface area contributed by atoms with Crippen LogP contribution in [0.3, 0.4) is 0 Å². The van der Waals surface area contributed by atoms with Crippen LogP contribution in [-0.2, 0) is 0 Å². The zero-order chi connectivity index (χ0) is 13.3. The first kappa shape index (κ1) is 13.0. The number of benzene rings is 1. The quantitative estimate of drug-likeness (QED) is 0.856. The highest BCUT2D eigenvalue weighted by Crippen LogP contribution is 2.30. The fourth-order valence-electron chi connectivity index (χ4n) is 1.15. The third-order valence-corrected chi connectivity index (χ3v) is 2.72. The van der Waals surface area contributed by atoms with E-state index in [4.69, 9.17) is 16.3 Å². The minimum Gasteiger partial charge on any atom is -0.434 e. The minimum atomic E-state index is -1.20. The fraction of sp³-hybridized carbons (Fsp3) is 0. The van der Waals surface area contributed by atoms with Gasteiger partial charge in [-0.25, -0.2) is 9.37 Å². The summed E-state index contributed by atoms with van der Waals surface area (Å²) in [4.78, 5) is 17.0. The van der Waals surface area contributed by atoms with Crippen molar-refractivity contribution in [2.45, 2.75) is 0 Å². The SMILES string of the molecule is O=c1[nH]cnc(Oc2cc(Br)cc(F)c2F)c1Cl. The molecule has 2 rings (SSSR count). The van der Waals surface area contributed by atoms with Crippen LogP contribution in [0.4, 0.5) is 8.78 Å². The van der Waals surface area contributed by atoms with Gasteiger partial charge in [0, 0.05) is 4.47 Å². The molecule has 1 N–H and O–H groups in total. The molecule has 8 heteroatoms. The summed E-state index contributed by atoms with van der Waals surface area (Å²) in [5, 5.41) is -0.350. The Balaban J connectivity index is 2.46. The van der Waals surface area contributed by atoms with Gasteiger partial charge in [-0.3, -0.25) is 4.79 Å². The average molecular weight is 338 g/mol. The Labute approximate surface area is 113 Å². The number of nitrogens with zero attached hydrogens (tertiary/aromatic N) is 1. The van der Waals surface area contributed by atoms with E-state index < -0.39 is 22.9 Å². The van der Waals surface area contributed by atoms with Gasteiger partial charge < -0.3 is 9.72 Å². The summed E-state index contributed by atoms with van der Waals surface area (Å²) in [6.45, 7) is 0. The first-order valence-corrected chi connectivity index (χ1v) is 5.71. The molecule has 1 heterocycles. The van der Waals surface area contributed by atoms with E-state index in [0.717, 1.165) is 12.4 Å². The van der Waals surface area contributed by atoms with Gasteiger partial charge in [-0.2, -0.15) is 4.39 Å². The number of rotatable bonds is 2. The molecule has 0 fully saturated rings. The molecule has 0 aliphatic heterocycles. The third kappa shape index (κ3) is 2.51. The minimum absolute atomic E-state index is 0.275. The topological polar surface area (TPSA) is 55.0 Å². The lowest BCUT2D eigenvalue weighted by molar-refractivity contribution is 0.404. The van der Waals surface area contributed by atoms with E-state index in [9.17, 15) is 13.6 Å². The van der Waals surface area contributed by atoms with E-state index in [2.05, 4.69) is 25.9 Å². The number of aromatic amines is 1. The van der Waals surface area contributed by atoms with Gasteiger partial charge in [0.05, 0.1) is 6.33 Å². The predicted octanol–water partition coefficient (Wildman–Crippen LogP) is 3.26. The van der Waals surface area contributed by atoms with Crippen molar-refractivity contribution in [3.63, 3.8) is 0 Å². The van der Waals surface area contributed by atoms with Crippen molar-refractivity contribution in [3.05, 3.63) is 49.9 Å². The monoisotopic (exact) mass is 336 g/mol. The van der Waals surface area contributed by atoms with Crippen molar-refractivity contribution < 1.29 is 13.5 Å². The number of aromatic nitrogens is 2. The molecule has 94 valence electrons. The summed E-state index contributed by atoms with van der Waals surface area (Å²) < 4.78 is 31.8. The summed E-state index contributed by atoms with van der Waals surface area (Å²) in [6, 6.07) is 2.13. The van der Waals surface area contributed by atoms with Gasteiger partial charge in [0.25, 0.3) is 5.56 Å². The molecule has 18 heavy (non-hydrogen) atoms. The third-order valence-electron chi connectivity index (χ3n) is 1.93. The summed E-state index contributed by atoms with van der Waals surface area (Å²) in [7, 11) is 0. The van der Waals surface area contributed by atoms with Gasteiger partial charge in [0.15, 0.2) is 16.6 Å². The van der Waals surface area contributed by atoms with E-state index in [1.54, 1.807) is 0 Å². The molecule has 0 unspecified atom stereocenters. The van der Waals surface area contributed by atoms with Crippen molar-refractivity contribution in [1.29, 1.82) is 0 Å². The van der Waals surface area contributed by atoms with E-state index >= 15 is 0 Å². The van der Waals surface area contributed by atoms with Crippen LogP contribution in [0.5, 0.6) is 11.6 Å². The average Bonchev–Trinajstić information content (AvgIpc) is 2.31. The largest absolute Gasteiger partial charge is 0.434 e. The van der Waals surface area contributed by atoms with Gasteiger partial charge in [0.1, 0.15) is 0 Å². The summed E-state index contributed by atoms with van der Waals surface area (Å²) in [5.74, 6) is -3.03. The normalized spacial score (nSPS) is 10.4. The molecule has 2 aromatic rings. The molecule has 0 amide bonds. The summed E-state index contributed by atoms with van der Waals surface area (Å²) in [5.41, 5.74) is -0.641. The number of halogens is 4. The van der Waals surface area contributed by atoms with Crippen LogP contribution in [-0.4, -0.2) is 9.97 Å². The summed E-state index contributed by atoms with van der Waals surface area (Å²) >= 11 is 8.60. The molecular formula is C10H4BrClF2N2O2. The smallest absolute Gasteiger partial charge is 0.273 e. The Bertz CT molecular complexity index is 663. The second kappa shape index (κ2) is 5.03. The molecule has 0 bridgehead atoms. The van der Waals surface area contributed by atoms with Crippen LogP contribution in [0.2, 0.25) is 5.02 Å². The van der Waals surface area contributed by atoms with Crippen molar-refractivity contribution in [2.24, 2.45) is 0 Å². The Hall–Kier alpha value is -1.47. The van der Waals surface area contributed by atoms with Crippen LogP contribution in [0, 0.1) is 11.6 Å². The standard InChI is InChI=1S/C10H4BrClF2N2O2/c11-4-1-5(13)8(14)6(2-4)18-10-7(12)9(17)15-3-16-10/h1-3H,(H,15,16,17). The maximum Gasteiger partial charge on any atom is 0.273 e. The molecule has 0 aliphatic rings. The van der Waals surface area contributed by atoms with Gasteiger partial charge in [-0.15, -0.1) is 0 Å². The molecule has 0 aliphatic carbocycles. The molecule has 0 saturated heterocycles. The van der Waals surface area contributed by atoms with Gasteiger partial charge in [-0.1, -0.05) is 27.5 Å². The van der Waals surface area contributed by atoms with Crippen molar-refractivity contribution in [2.75, 3.05) is 0 Å². The van der Waals surface area contributed by atoms with Crippen LogP contribution < -0.4 is 10.3 Å². The molecule has 4 nitrogen and oxygen atoms in total. The molecule has 0 spiro atoms. The van der Waals surface area contributed by atoms with Crippen LogP contribution in [0.15, 0.2) is 27.7 Å². The first-order valence-electron chi connectivity index (χ1n) is 4.54. The predicted molar refractivity (Wildman–Crippen MR) is 64.0 cm³/mol. The molecule has 0 atom stereocenters. The lowest BCUT2D eigenvalue weighted by Crippen LogP contribution is -2.08. The van der Waals surface area contributed by atoms with E-state index in [-0.39, 0.29) is 15.4 Å². The van der Waals surface area contributed by atoms with Gasteiger partial charge in [0.2, 0.25) is 11.7 Å². The van der Waals surface area contributed by atoms with Crippen LogP contribution >= 0.6 is 27.5 Å². The fourth-order valence-corrected chi connectivity index (χ4v) is 1.70. The molecule has 0 radical (unpaired) electrons. The lowest BCUT2D eigenvalue weighted by Gasteiger charge is -2.07. The zero-order valence-corrected chi connectivity index (χ0v) is 10.8. The molecule has 0 saturated carbocycles. The number of hydrogen-bond donors (Lipinski definition) is 1. The lowest BCUT2D eigenvalue weighted by atomic mass is 10.3. The van der Waals surface area contributed by atoms with Crippen LogP contribution in [0.1, 0.15) is 0 Å². The molecular weight excluding hydrogens is 333 g/mol. The second-order valence-corrected chi connectivity index (χ2v) is 4.45. The van der Waals surface area contributed by atoms with E-state index in [1.807, 2.05) is 0 Å². The highest BCUT2D eigenvalue weighted by Gasteiger charge is 2.15. The number of H-pyrrole nitrogens is 1. The Morgan fingerprint density at radius 2 is 2.11 bits per heavy atom. The van der Waals surface area contributed by atoms with Crippen molar-refractivity contribution >= 4 is 27.5 Å². The second-order valence-electron chi connectivity index (χ2n) is 3.15. The molecule has 1 aromatic heterocycles. The van der Waals surface area contributed by atoms with E-state index in [0.29, 0.717) is 0 Å².